The molecule has 0 fully saturated rings. The van der Waals surface area contributed by atoms with E-state index in [0.717, 1.165) is 5.39 Å². The van der Waals surface area contributed by atoms with Crippen molar-refractivity contribution in [2.45, 2.75) is 26.3 Å². The van der Waals surface area contributed by atoms with Gasteiger partial charge in [0.05, 0.1) is 34.8 Å². The van der Waals surface area contributed by atoms with E-state index in [4.69, 9.17) is 22.9 Å². The van der Waals surface area contributed by atoms with Crippen LogP contribution < -0.4 is 10.1 Å². The van der Waals surface area contributed by atoms with Crippen LogP contribution in [0.5, 0.6) is 5.75 Å². The van der Waals surface area contributed by atoms with Gasteiger partial charge in [-0.25, -0.2) is 20.9 Å². The molecule has 3 rings (SSSR count). The van der Waals surface area contributed by atoms with E-state index in [0.29, 0.717) is 48.0 Å². The van der Waals surface area contributed by atoms with E-state index in [2.05, 4.69) is 32.0 Å². The first-order valence-corrected chi connectivity index (χ1v) is 10.8. The molecule has 0 aliphatic rings. The quantitative estimate of drug-likeness (QED) is 0.366. The number of benzene rings is 2. The molecule has 8 heteroatoms. The third-order valence-electron chi connectivity index (χ3n) is 5.22. The molecule has 170 valence electrons. The summed E-state index contributed by atoms with van der Waals surface area (Å²) in [4.78, 5) is 14.2. The SMILES string of the molecule is [C-]#[N+]CCN(C)C(C)(C)C#Cc1cc2c(Nc3ccc(F)c(Cl)c3)ncnc2cc1OCC. The minimum atomic E-state index is -0.488. The van der Waals surface area contributed by atoms with Crippen molar-refractivity contribution in [3.63, 3.8) is 0 Å². The smallest absolute Gasteiger partial charge is 0.227 e. The maximum Gasteiger partial charge on any atom is 0.227 e. The Kier molecular flexibility index (Phi) is 7.71. The number of nitrogens with zero attached hydrogens (tertiary/aromatic N) is 4. The molecule has 0 radical (unpaired) electrons. The zero-order valence-electron chi connectivity index (χ0n) is 19.0. The van der Waals surface area contributed by atoms with Gasteiger partial charge < -0.3 is 14.9 Å². The van der Waals surface area contributed by atoms with E-state index in [1.807, 2.05) is 44.9 Å². The van der Waals surface area contributed by atoms with Crippen molar-refractivity contribution in [1.29, 1.82) is 0 Å². The maximum atomic E-state index is 13.5. The van der Waals surface area contributed by atoms with Gasteiger partial charge >= 0.3 is 0 Å². The Morgan fingerprint density at radius 3 is 2.76 bits per heavy atom. The fraction of sp³-hybridized carbons (Fsp3) is 0.320. The average molecular weight is 466 g/mol. The lowest BCUT2D eigenvalue weighted by Gasteiger charge is -2.29. The van der Waals surface area contributed by atoms with Gasteiger partial charge in [0.2, 0.25) is 6.54 Å². The highest BCUT2D eigenvalue weighted by molar-refractivity contribution is 6.31. The van der Waals surface area contributed by atoms with Crippen molar-refractivity contribution >= 4 is 34.0 Å². The molecule has 0 unspecified atom stereocenters. The number of nitrogens with one attached hydrogen (secondary N) is 1. The topological polar surface area (TPSA) is 54.6 Å². The van der Waals surface area contributed by atoms with Gasteiger partial charge in [-0.3, -0.25) is 4.90 Å². The van der Waals surface area contributed by atoms with Crippen LogP contribution in [0.15, 0.2) is 36.7 Å². The Hall–Kier alpha value is -3.39. The van der Waals surface area contributed by atoms with E-state index in [1.165, 1.54) is 18.5 Å². The number of anilines is 2. The maximum absolute atomic E-state index is 13.5. The predicted octanol–water partition coefficient (Wildman–Crippen LogP) is 5.55. The first-order chi connectivity index (χ1) is 15.7. The lowest BCUT2D eigenvalue weighted by molar-refractivity contribution is 0.223. The Balaban J connectivity index is 2.04. The monoisotopic (exact) mass is 465 g/mol. The first kappa shape index (κ1) is 24.3. The Bertz CT molecular complexity index is 1260. The lowest BCUT2D eigenvalue weighted by Crippen LogP contribution is -2.41. The van der Waals surface area contributed by atoms with E-state index in [-0.39, 0.29) is 5.02 Å². The standard InChI is InChI=1S/C25H25ClFN5O/c1-6-33-23-15-22-19(13-17(23)9-10-25(2,3)32(5)12-11-28-4)24(30-16-29-22)31-18-7-8-21(27)20(26)14-18/h7-8,13-16H,6,11-12H2,1-3,5H3,(H,29,30,31). The molecule has 0 aliphatic carbocycles. The van der Waals surface area contributed by atoms with Gasteiger partial charge in [0, 0.05) is 17.1 Å². The molecule has 1 heterocycles. The first-order valence-electron chi connectivity index (χ1n) is 10.5. The molecule has 3 aromatic rings. The summed E-state index contributed by atoms with van der Waals surface area (Å²) in [5.41, 5.74) is 1.54. The molecule has 0 saturated carbocycles. The number of fused-ring (bicyclic) bond motifs is 1. The molecule has 2 aromatic carbocycles. The zero-order chi connectivity index (χ0) is 24.0. The lowest BCUT2D eigenvalue weighted by atomic mass is 10.0. The largest absolute Gasteiger partial charge is 0.492 e. The fourth-order valence-electron chi connectivity index (χ4n) is 3.06. The number of hydrogen-bond acceptors (Lipinski definition) is 5. The molecule has 0 bridgehead atoms. The van der Waals surface area contributed by atoms with Gasteiger partial charge in [-0.1, -0.05) is 23.4 Å². The van der Waals surface area contributed by atoms with Crippen LogP contribution in [0.3, 0.4) is 0 Å². The molecule has 0 saturated heterocycles. The predicted molar refractivity (Wildman–Crippen MR) is 130 cm³/mol. The molecule has 1 N–H and O–H groups in total. The van der Waals surface area contributed by atoms with E-state index in [1.54, 1.807) is 6.07 Å². The van der Waals surface area contributed by atoms with Crippen molar-refractivity contribution in [2.75, 3.05) is 32.1 Å². The third-order valence-corrected chi connectivity index (χ3v) is 5.51. The number of aromatic nitrogens is 2. The molecule has 1 aromatic heterocycles. The van der Waals surface area contributed by atoms with Gasteiger partial charge in [0.1, 0.15) is 23.7 Å². The number of halogens is 2. The van der Waals surface area contributed by atoms with Gasteiger partial charge in [-0.05, 0) is 52.1 Å². The normalized spacial score (nSPS) is 11.1. The Morgan fingerprint density at radius 1 is 1.27 bits per heavy atom. The summed E-state index contributed by atoms with van der Waals surface area (Å²) in [7, 11) is 1.95. The minimum Gasteiger partial charge on any atom is -0.492 e. The molecular weight excluding hydrogens is 441 g/mol. The van der Waals surface area contributed by atoms with Crippen LogP contribution in [0.2, 0.25) is 5.02 Å². The van der Waals surface area contributed by atoms with Crippen LogP contribution in [-0.4, -0.2) is 47.2 Å². The van der Waals surface area contributed by atoms with Crippen LogP contribution in [0.1, 0.15) is 26.3 Å². The van der Waals surface area contributed by atoms with Crippen molar-refractivity contribution in [3.8, 4) is 17.6 Å². The number of likely N-dealkylation sites (N-methyl/N-ethyl adjacent to an activating group) is 1. The van der Waals surface area contributed by atoms with Crippen LogP contribution in [0.4, 0.5) is 15.9 Å². The second-order valence-electron chi connectivity index (χ2n) is 7.89. The highest BCUT2D eigenvalue weighted by Gasteiger charge is 2.21. The molecular formula is C25H25ClFN5O. The highest BCUT2D eigenvalue weighted by Crippen LogP contribution is 2.30. The van der Waals surface area contributed by atoms with Crippen LogP contribution in [0.25, 0.3) is 15.7 Å². The molecule has 33 heavy (non-hydrogen) atoms. The van der Waals surface area contributed by atoms with Crippen LogP contribution in [0, 0.1) is 24.2 Å². The van der Waals surface area contributed by atoms with Gasteiger partial charge in [0.25, 0.3) is 0 Å². The second-order valence-corrected chi connectivity index (χ2v) is 8.29. The Morgan fingerprint density at radius 2 is 2.06 bits per heavy atom. The number of rotatable bonds is 7. The van der Waals surface area contributed by atoms with E-state index >= 15 is 0 Å². The molecule has 0 spiro atoms. The summed E-state index contributed by atoms with van der Waals surface area (Å²) < 4.78 is 19.4. The minimum absolute atomic E-state index is 0.0214. The molecule has 0 amide bonds. The Labute approximate surface area is 198 Å². The average Bonchev–Trinajstić information content (AvgIpc) is 2.79. The zero-order valence-corrected chi connectivity index (χ0v) is 19.8. The highest BCUT2D eigenvalue weighted by atomic mass is 35.5. The second kappa shape index (κ2) is 10.5. The van der Waals surface area contributed by atoms with Crippen LogP contribution in [-0.2, 0) is 0 Å². The number of hydrogen-bond donors (Lipinski definition) is 1. The van der Waals surface area contributed by atoms with Crippen molar-refractivity contribution in [2.24, 2.45) is 0 Å². The summed E-state index contributed by atoms with van der Waals surface area (Å²) >= 11 is 5.92. The van der Waals surface area contributed by atoms with Crippen LogP contribution >= 0.6 is 11.6 Å². The molecule has 0 aliphatic heterocycles. The van der Waals surface area contributed by atoms with Crippen molar-refractivity contribution in [3.05, 3.63) is 64.5 Å². The van der Waals surface area contributed by atoms with E-state index < -0.39 is 11.4 Å². The summed E-state index contributed by atoms with van der Waals surface area (Å²) in [6.07, 6.45) is 1.45. The molecule has 0 atom stereocenters. The summed E-state index contributed by atoms with van der Waals surface area (Å²) in [6, 6.07) is 8.11. The van der Waals surface area contributed by atoms with Gasteiger partial charge in [-0.15, -0.1) is 0 Å². The summed E-state index contributed by atoms with van der Waals surface area (Å²) in [5, 5.41) is 3.94. The summed E-state index contributed by atoms with van der Waals surface area (Å²) in [6.45, 7) is 14.5. The third kappa shape index (κ3) is 5.90. The van der Waals surface area contributed by atoms with Gasteiger partial charge in [0.15, 0.2) is 0 Å². The van der Waals surface area contributed by atoms with E-state index in [9.17, 15) is 4.39 Å². The van der Waals surface area contributed by atoms with Crippen molar-refractivity contribution < 1.29 is 9.13 Å². The number of ether oxygens (including phenoxy) is 1. The summed E-state index contributed by atoms with van der Waals surface area (Å²) in [5.74, 6) is 7.24. The van der Waals surface area contributed by atoms with Crippen molar-refractivity contribution in [1.82, 2.24) is 14.9 Å². The molecule has 6 nitrogen and oxygen atoms in total. The fourth-order valence-corrected chi connectivity index (χ4v) is 3.24. The van der Waals surface area contributed by atoms with Gasteiger partial charge in [-0.2, -0.15) is 0 Å².